The lowest BCUT2D eigenvalue weighted by molar-refractivity contribution is -0.161. The number of esters is 4. The predicted octanol–water partition coefficient (Wildman–Crippen LogP) is 21.8. The zero-order valence-electron chi connectivity index (χ0n) is 61.4. The van der Waals surface area contributed by atoms with Crippen LogP contribution in [0.5, 0.6) is 0 Å². The molecule has 3 N–H and O–H groups in total. The van der Waals surface area contributed by atoms with Gasteiger partial charge in [0.25, 0.3) is 0 Å². The quantitative estimate of drug-likeness (QED) is 0.0222. The monoisotopic (exact) mass is 1380 g/mol. The van der Waals surface area contributed by atoms with Crippen LogP contribution in [0.1, 0.15) is 382 Å². The van der Waals surface area contributed by atoms with Crippen LogP contribution in [0, 0.1) is 17.8 Å². The lowest BCUT2D eigenvalue weighted by atomic mass is 9.99. The standard InChI is InChI=1S/C75H146O17P2/c1-8-10-11-12-13-14-15-16-20-23-29-34-42-49-56-72(77)85-62-70(91-74(79)58-51-44-35-30-24-21-18-17-19-22-28-33-41-48-55-68(7)9-2)64-89-93(81,82)87-60-69(76)61-88-94(83,84)90-65-71(63-86-73(78)57-50-43-38-37-40-47-54-67(5)6)92-75(80)59-52-45-36-31-26-25-27-32-39-46-53-66(3)4/h66-71,76H,8-65H2,1-7H3,(H,81,82)(H,83,84)/t68?,69-,70-,71-/m1/s1. The van der Waals surface area contributed by atoms with Crippen LogP contribution in [0.4, 0.5) is 0 Å². The van der Waals surface area contributed by atoms with Crippen molar-refractivity contribution in [3.63, 3.8) is 0 Å². The molecule has 0 rings (SSSR count). The van der Waals surface area contributed by atoms with E-state index in [4.69, 9.17) is 37.0 Å². The largest absolute Gasteiger partial charge is 0.472 e. The number of hydrogen-bond acceptors (Lipinski definition) is 15. The minimum atomic E-state index is -4.96. The van der Waals surface area contributed by atoms with Gasteiger partial charge in [-0.25, -0.2) is 9.13 Å². The van der Waals surface area contributed by atoms with Gasteiger partial charge in [-0.05, 0) is 43.4 Å². The molecule has 0 saturated carbocycles. The summed E-state index contributed by atoms with van der Waals surface area (Å²) in [4.78, 5) is 72.7. The highest BCUT2D eigenvalue weighted by atomic mass is 31.2. The second-order valence-electron chi connectivity index (χ2n) is 28.2. The van der Waals surface area contributed by atoms with E-state index in [2.05, 4.69) is 48.5 Å². The van der Waals surface area contributed by atoms with E-state index in [0.29, 0.717) is 31.6 Å². The summed E-state index contributed by atoms with van der Waals surface area (Å²) in [5.74, 6) is 0.157. The third-order valence-electron chi connectivity index (χ3n) is 17.7. The van der Waals surface area contributed by atoms with Gasteiger partial charge in [-0.15, -0.1) is 0 Å². The Balaban J connectivity index is 5.24. The molecule has 0 bridgehead atoms. The fraction of sp³-hybridized carbons (Fsp3) is 0.947. The number of ether oxygens (including phenoxy) is 4. The maximum absolute atomic E-state index is 13.1. The molecular weight excluding hydrogens is 1230 g/mol. The van der Waals surface area contributed by atoms with Gasteiger partial charge in [0.05, 0.1) is 26.4 Å². The summed E-state index contributed by atoms with van der Waals surface area (Å²) in [6, 6.07) is 0. The predicted molar refractivity (Wildman–Crippen MR) is 381 cm³/mol. The van der Waals surface area contributed by atoms with Gasteiger partial charge < -0.3 is 33.8 Å². The molecule has 0 aliphatic rings. The van der Waals surface area contributed by atoms with Crippen LogP contribution in [-0.4, -0.2) is 96.7 Å². The van der Waals surface area contributed by atoms with Crippen LogP contribution in [0.2, 0.25) is 0 Å². The molecular formula is C75H146O17P2. The second kappa shape index (κ2) is 65.7. The minimum Gasteiger partial charge on any atom is -0.462 e. The zero-order valence-corrected chi connectivity index (χ0v) is 63.2. The molecule has 19 heteroatoms. The summed E-state index contributed by atoms with van der Waals surface area (Å²) in [5, 5.41) is 10.6. The fourth-order valence-electron chi connectivity index (χ4n) is 11.4. The molecule has 17 nitrogen and oxygen atoms in total. The Labute approximate surface area is 575 Å². The van der Waals surface area contributed by atoms with E-state index in [9.17, 15) is 43.2 Å². The highest BCUT2D eigenvalue weighted by Crippen LogP contribution is 2.45. The van der Waals surface area contributed by atoms with Crippen molar-refractivity contribution >= 4 is 39.5 Å². The number of rotatable bonds is 73. The maximum atomic E-state index is 13.1. The molecule has 558 valence electrons. The van der Waals surface area contributed by atoms with E-state index in [-0.39, 0.29) is 25.7 Å². The van der Waals surface area contributed by atoms with E-state index in [1.165, 1.54) is 186 Å². The van der Waals surface area contributed by atoms with Gasteiger partial charge in [0.2, 0.25) is 0 Å². The average Bonchev–Trinajstić information content (AvgIpc) is 2.57. The average molecular weight is 1380 g/mol. The molecule has 0 aromatic rings. The van der Waals surface area contributed by atoms with E-state index in [1.54, 1.807) is 0 Å². The maximum Gasteiger partial charge on any atom is 0.472 e. The van der Waals surface area contributed by atoms with E-state index in [0.717, 1.165) is 108 Å². The first-order valence-electron chi connectivity index (χ1n) is 38.9. The highest BCUT2D eigenvalue weighted by Gasteiger charge is 2.30. The van der Waals surface area contributed by atoms with Gasteiger partial charge in [-0.2, -0.15) is 0 Å². The number of carbonyl (C=O) groups is 4. The number of aliphatic hydroxyl groups is 1. The van der Waals surface area contributed by atoms with Crippen molar-refractivity contribution in [3.8, 4) is 0 Å². The van der Waals surface area contributed by atoms with Crippen LogP contribution < -0.4 is 0 Å². The Kier molecular flexibility index (Phi) is 64.3. The molecule has 6 atom stereocenters. The summed E-state index contributed by atoms with van der Waals surface area (Å²) < 4.78 is 68.5. The SMILES string of the molecule is CCCCCCCCCCCCCCCCC(=O)OC[C@H](COP(=O)(O)OC[C@@H](O)COP(=O)(O)OC[C@@H](COC(=O)CCCCCCCCC(C)C)OC(=O)CCCCCCCCCCCCC(C)C)OC(=O)CCCCCCCCCCCCCCCCC(C)CC. The van der Waals surface area contributed by atoms with Crippen molar-refractivity contribution in [2.45, 2.75) is 401 Å². The third-order valence-corrected chi connectivity index (χ3v) is 19.6. The zero-order chi connectivity index (χ0) is 69.4. The summed E-state index contributed by atoms with van der Waals surface area (Å²) >= 11 is 0. The van der Waals surface area contributed by atoms with Crippen molar-refractivity contribution in [2.24, 2.45) is 17.8 Å². The molecule has 0 aromatic carbocycles. The van der Waals surface area contributed by atoms with Gasteiger partial charge in [0.1, 0.15) is 19.3 Å². The Morgan fingerprint density at radius 1 is 0.309 bits per heavy atom. The molecule has 94 heavy (non-hydrogen) atoms. The summed E-state index contributed by atoms with van der Waals surface area (Å²) in [5.41, 5.74) is 0. The molecule has 0 aliphatic carbocycles. The highest BCUT2D eigenvalue weighted by molar-refractivity contribution is 7.47. The Morgan fingerprint density at radius 3 is 0.809 bits per heavy atom. The van der Waals surface area contributed by atoms with Gasteiger partial charge in [-0.1, -0.05) is 331 Å². The first kappa shape index (κ1) is 92.1. The molecule has 0 aromatic heterocycles. The van der Waals surface area contributed by atoms with Crippen molar-refractivity contribution < 1.29 is 80.2 Å². The summed E-state index contributed by atoms with van der Waals surface area (Å²) in [7, 11) is -9.91. The first-order valence-corrected chi connectivity index (χ1v) is 41.9. The van der Waals surface area contributed by atoms with Crippen molar-refractivity contribution in [1.29, 1.82) is 0 Å². The molecule has 0 radical (unpaired) electrons. The van der Waals surface area contributed by atoms with Gasteiger partial charge in [0, 0.05) is 25.7 Å². The molecule has 0 spiro atoms. The van der Waals surface area contributed by atoms with Crippen LogP contribution in [0.15, 0.2) is 0 Å². The van der Waals surface area contributed by atoms with Crippen molar-refractivity contribution in [3.05, 3.63) is 0 Å². The molecule has 0 saturated heterocycles. The Hall–Kier alpha value is -1.94. The van der Waals surface area contributed by atoms with Crippen LogP contribution >= 0.6 is 15.6 Å². The van der Waals surface area contributed by atoms with Gasteiger partial charge in [-0.3, -0.25) is 37.3 Å². The molecule has 0 amide bonds. The third kappa shape index (κ3) is 67.3. The number of phosphoric ester groups is 2. The minimum absolute atomic E-state index is 0.105. The smallest absolute Gasteiger partial charge is 0.462 e. The van der Waals surface area contributed by atoms with Crippen LogP contribution in [-0.2, 0) is 65.4 Å². The van der Waals surface area contributed by atoms with E-state index in [1.807, 2.05) is 0 Å². The second-order valence-corrected chi connectivity index (χ2v) is 31.1. The van der Waals surface area contributed by atoms with Crippen molar-refractivity contribution in [2.75, 3.05) is 39.6 Å². The van der Waals surface area contributed by atoms with E-state index < -0.39 is 97.5 Å². The normalized spacial score (nSPS) is 14.4. The lowest BCUT2D eigenvalue weighted by Gasteiger charge is -2.21. The lowest BCUT2D eigenvalue weighted by Crippen LogP contribution is -2.30. The van der Waals surface area contributed by atoms with Gasteiger partial charge >= 0.3 is 39.5 Å². The van der Waals surface area contributed by atoms with Crippen molar-refractivity contribution in [1.82, 2.24) is 0 Å². The molecule has 0 heterocycles. The molecule has 0 aliphatic heterocycles. The number of unbranched alkanes of at least 4 members (excludes halogenated alkanes) is 40. The first-order chi connectivity index (χ1) is 45.3. The topological polar surface area (TPSA) is 237 Å². The Morgan fingerprint density at radius 2 is 0.543 bits per heavy atom. The number of phosphoric acid groups is 2. The number of hydrogen-bond donors (Lipinski definition) is 3. The fourth-order valence-corrected chi connectivity index (χ4v) is 13.0. The summed E-state index contributed by atoms with van der Waals surface area (Å²) in [6.07, 6.45) is 51.4. The number of aliphatic hydroxyl groups excluding tert-OH is 1. The number of carbonyl (C=O) groups excluding carboxylic acids is 4. The van der Waals surface area contributed by atoms with Crippen LogP contribution in [0.3, 0.4) is 0 Å². The Bertz CT molecular complexity index is 1840. The van der Waals surface area contributed by atoms with Crippen LogP contribution in [0.25, 0.3) is 0 Å². The molecule has 3 unspecified atom stereocenters. The van der Waals surface area contributed by atoms with E-state index >= 15 is 0 Å². The molecule has 0 fully saturated rings. The summed E-state index contributed by atoms with van der Waals surface area (Å²) in [6.45, 7) is 11.9. The van der Waals surface area contributed by atoms with Gasteiger partial charge in [0.15, 0.2) is 12.2 Å².